The van der Waals surface area contributed by atoms with Gasteiger partial charge >= 0.3 is 0 Å². The molecule has 21 heavy (non-hydrogen) atoms. The number of morpholine rings is 1. The van der Waals surface area contributed by atoms with Crippen molar-refractivity contribution in [1.82, 2.24) is 20.3 Å². The minimum atomic E-state index is 0. The van der Waals surface area contributed by atoms with Gasteiger partial charge in [-0.2, -0.15) is 0 Å². The normalized spacial score (nSPS) is 16.4. The zero-order chi connectivity index (χ0) is 14.2. The summed E-state index contributed by atoms with van der Waals surface area (Å²) in [7, 11) is 3.77. The smallest absolute Gasteiger partial charge is 0.193 e. The Hall–Kier alpha value is -0.870. The fourth-order valence-corrected chi connectivity index (χ4v) is 2.17. The molecule has 0 aliphatic carbocycles. The lowest BCUT2D eigenvalue weighted by Crippen LogP contribution is -2.44. The Morgan fingerprint density at radius 3 is 2.86 bits per heavy atom. The van der Waals surface area contributed by atoms with Crippen LogP contribution in [0.5, 0.6) is 0 Å². The van der Waals surface area contributed by atoms with E-state index < -0.39 is 0 Å². The molecule has 2 heterocycles. The van der Waals surface area contributed by atoms with Crippen LogP contribution in [0.4, 0.5) is 0 Å². The molecule has 1 N–H and O–H groups in total. The quantitative estimate of drug-likeness (QED) is 0.438. The Morgan fingerprint density at radius 1 is 1.48 bits per heavy atom. The zero-order valence-corrected chi connectivity index (χ0v) is 14.9. The van der Waals surface area contributed by atoms with Gasteiger partial charge in [0.25, 0.3) is 0 Å². The van der Waals surface area contributed by atoms with Gasteiger partial charge in [0.15, 0.2) is 5.96 Å². The molecular weight excluding hydrogens is 385 g/mol. The van der Waals surface area contributed by atoms with Crippen LogP contribution < -0.4 is 5.32 Å². The van der Waals surface area contributed by atoms with Crippen LogP contribution in [0.3, 0.4) is 0 Å². The SMILES string of the molecule is CN=C(NCCN1CCOCC1)N(C)Cc1ccon1.I. The molecule has 0 aromatic carbocycles. The minimum Gasteiger partial charge on any atom is -0.379 e. The third-order valence-corrected chi connectivity index (χ3v) is 3.28. The Morgan fingerprint density at radius 2 is 2.24 bits per heavy atom. The molecule has 1 aliphatic heterocycles. The van der Waals surface area contributed by atoms with Gasteiger partial charge in [0.05, 0.1) is 19.8 Å². The lowest BCUT2D eigenvalue weighted by Gasteiger charge is -2.27. The molecule has 1 saturated heterocycles. The molecule has 2 rings (SSSR count). The van der Waals surface area contributed by atoms with E-state index >= 15 is 0 Å². The van der Waals surface area contributed by atoms with E-state index in [0.29, 0.717) is 6.54 Å². The highest BCUT2D eigenvalue weighted by Crippen LogP contribution is 2.00. The molecule has 0 saturated carbocycles. The lowest BCUT2D eigenvalue weighted by atomic mass is 10.4. The third kappa shape index (κ3) is 6.18. The average molecular weight is 409 g/mol. The van der Waals surface area contributed by atoms with Gasteiger partial charge < -0.3 is 19.5 Å². The van der Waals surface area contributed by atoms with E-state index in [1.807, 2.05) is 18.0 Å². The van der Waals surface area contributed by atoms with Crippen LogP contribution in [-0.2, 0) is 11.3 Å². The summed E-state index contributed by atoms with van der Waals surface area (Å²) in [4.78, 5) is 8.70. The summed E-state index contributed by atoms with van der Waals surface area (Å²) < 4.78 is 10.2. The summed E-state index contributed by atoms with van der Waals surface area (Å²) >= 11 is 0. The summed E-state index contributed by atoms with van der Waals surface area (Å²) in [5, 5.41) is 7.27. The van der Waals surface area contributed by atoms with Crippen LogP contribution in [-0.4, -0.2) is 74.4 Å². The van der Waals surface area contributed by atoms with Crippen LogP contribution >= 0.6 is 24.0 Å². The van der Waals surface area contributed by atoms with E-state index in [0.717, 1.165) is 51.0 Å². The van der Waals surface area contributed by atoms with Gasteiger partial charge in [-0.1, -0.05) is 5.16 Å². The van der Waals surface area contributed by atoms with Crippen LogP contribution in [0, 0.1) is 0 Å². The van der Waals surface area contributed by atoms with E-state index in [1.54, 1.807) is 13.3 Å². The number of guanidine groups is 1. The molecule has 0 unspecified atom stereocenters. The maximum Gasteiger partial charge on any atom is 0.193 e. The van der Waals surface area contributed by atoms with Crippen molar-refractivity contribution in [3.8, 4) is 0 Å². The van der Waals surface area contributed by atoms with Crippen LogP contribution in [0.25, 0.3) is 0 Å². The van der Waals surface area contributed by atoms with E-state index in [4.69, 9.17) is 9.26 Å². The van der Waals surface area contributed by atoms with Gasteiger partial charge in [-0.25, -0.2) is 0 Å². The van der Waals surface area contributed by atoms with Crippen LogP contribution in [0.2, 0.25) is 0 Å². The molecule has 7 nitrogen and oxygen atoms in total. The number of hydrogen-bond acceptors (Lipinski definition) is 5. The number of nitrogens with one attached hydrogen (secondary N) is 1. The van der Waals surface area contributed by atoms with Crippen molar-refractivity contribution in [2.24, 2.45) is 4.99 Å². The minimum absolute atomic E-state index is 0. The molecule has 0 amide bonds. The Kier molecular flexibility index (Phi) is 8.62. The molecule has 1 fully saturated rings. The maximum atomic E-state index is 5.34. The second kappa shape index (κ2) is 9.96. The highest BCUT2D eigenvalue weighted by molar-refractivity contribution is 14.0. The predicted molar refractivity (Wildman–Crippen MR) is 92.0 cm³/mol. The number of aromatic nitrogens is 1. The molecule has 1 aromatic heterocycles. The van der Waals surface area contributed by atoms with E-state index in [-0.39, 0.29) is 24.0 Å². The Bertz CT molecular complexity index is 407. The fourth-order valence-electron chi connectivity index (χ4n) is 2.17. The number of ether oxygens (including phenoxy) is 1. The largest absolute Gasteiger partial charge is 0.379 e. The molecule has 0 spiro atoms. The van der Waals surface area contributed by atoms with Crippen molar-refractivity contribution in [2.45, 2.75) is 6.54 Å². The van der Waals surface area contributed by atoms with Gasteiger partial charge in [0, 0.05) is 46.3 Å². The van der Waals surface area contributed by atoms with Gasteiger partial charge in [0.1, 0.15) is 12.0 Å². The average Bonchev–Trinajstić information content (AvgIpc) is 2.97. The number of aliphatic imine (C=N–C) groups is 1. The highest BCUT2D eigenvalue weighted by Gasteiger charge is 2.11. The van der Waals surface area contributed by atoms with Crippen molar-refractivity contribution < 1.29 is 9.26 Å². The van der Waals surface area contributed by atoms with E-state index in [1.165, 1.54) is 0 Å². The number of rotatable bonds is 5. The van der Waals surface area contributed by atoms with Gasteiger partial charge in [-0.05, 0) is 0 Å². The van der Waals surface area contributed by atoms with Crippen LogP contribution in [0.15, 0.2) is 21.8 Å². The van der Waals surface area contributed by atoms with E-state index in [9.17, 15) is 0 Å². The summed E-state index contributed by atoms with van der Waals surface area (Å²) in [5.41, 5.74) is 0.892. The zero-order valence-electron chi connectivity index (χ0n) is 12.6. The molecule has 120 valence electrons. The lowest BCUT2D eigenvalue weighted by molar-refractivity contribution is 0.0388. The van der Waals surface area contributed by atoms with Crippen LogP contribution in [0.1, 0.15) is 5.69 Å². The van der Waals surface area contributed by atoms with Crippen molar-refractivity contribution in [2.75, 3.05) is 53.5 Å². The fraction of sp³-hybridized carbons (Fsp3) is 0.692. The first-order chi connectivity index (χ1) is 9.79. The Labute approximate surface area is 142 Å². The summed E-state index contributed by atoms with van der Waals surface area (Å²) in [6.07, 6.45) is 1.58. The highest BCUT2D eigenvalue weighted by atomic mass is 127. The second-order valence-electron chi connectivity index (χ2n) is 4.77. The monoisotopic (exact) mass is 409 g/mol. The predicted octanol–water partition coefficient (Wildman–Crippen LogP) is 0.632. The summed E-state index contributed by atoms with van der Waals surface area (Å²) in [6.45, 7) is 6.23. The number of hydrogen-bond donors (Lipinski definition) is 1. The topological polar surface area (TPSA) is 66.1 Å². The van der Waals surface area contributed by atoms with Gasteiger partial charge in [-0.15, -0.1) is 24.0 Å². The number of nitrogens with zero attached hydrogens (tertiary/aromatic N) is 4. The van der Waals surface area contributed by atoms with Crippen molar-refractivity contribution >= 4 is 29.9 Å². The molecular formula is C13H24IN5O2. The second-order valence-corrected chi connectivity index (χ2v) is 4.77. The summed E-state index contributed by atoms with van der Waals surface area (Å²) in [6, 6.07) is 1.86. The van der Waals surface area contributed by atoms with Crippen molar-refractivity contribution in [3.63, 3.8) is 0 Å². The van der Waals surface area contributed by atoms with Crippen molar-refractivity contribution in [3.05, 3.63) is 18.0 Å². The standard InChI is InChI=1S/C13H23N5O2.HI/c1-14-13(17(2)11-12-3-8-20-16-12)15-4-5-18-6-9-19-10-7-18;/h3,8H,4-7,9-11H2,1-2H3,(H,14,15);1H. The van der Waals surface area contributed by atoms with Crippen molar-refractivity contribution in [1.29, 1.82) is 0 Å². The molecule has 1 aliphatic rings. The first kappa shape index (κ1) is 18.2. The molecule has 8 heteroatoms. The third-order valence-electron chi connectivity index (χ3n) is 3.28. The van der Waals surface area contributed by atoms with E-state index in [2.05, 4.69) is 20.4 Å². The maximum absolute atomic E-state index is 5.34. The molecule has 1 aromatic rings. The first-order valence-corrected chi connectivity index (χ1v) is 6.90. The number of halogens is 1. The molecule has 0 bridgehead atoms. The summed E-state index contributed by atoms with van der Waals surface area (Å²) in [5.74, 6) is 0.862. The first-order valence-electron chi connectivity index (χ1n) is 6.90. The molecule has 0 atom stereocenters. The van der Waals surface area contributed by atoms with Gasteiger partial charge in [0.2, 0.25) is 0 Å². The molecule has 0 radical (unpaired) electrons. The Balaban J connectivity index is 0.00000220. The van der Waals surface area contributed by atoms with Gasteiger partial charge in [-0.3, -0.25) is 9.89 Å².